The third-order valence-electron chi connectivity index (χ3n) is 9.01. The van der Waals surface area contributed by atoms with Crippen molar-refractivity contribution in [2.24, 2.45) is 17.6 Å². The monoisotopic (exact) mass is 713 g/mol. The van der Waals surface area contributed by atoms with Crippen LogP contribution in [0.3, 0.4) is 0 Å². The summed E-state index contributed by atoms with van der Waals surface area (Å²) in [6.45, 7) is 1.45. The van der Waals surface area contributed by atoms with Gasteiger partial charge in [-0.3, -0.25) is 24.5 Å². The SMILES string of the molecule is C[C@H]1c2ccc(NC(=O)NC(=O)Cc3cc(C(F)(F)F)cc(C(F)(F)F)c3)c(O)c2C(O)=C2C(=O)[C@]3(O)C(O)=C(C(N)=O)C(=O)C[C@@H]3[C@@H](O)[C@@H]21. The molecule has 0 bridgehead atoms. The molecule has 0 aliphatic heterocycles. The van der Waals surface area contributed by atoms with Crippen molar-refractivity contribution < 1.29 is 75.8 Å². The topological polar surface area (TPSA) is 237 Å². The van der Waals surface area contributed by atoms with Crippen molar-refractivity contribution in [1.29, 1.82) is 0 Å². The number of carbonyl (C=O) groups excluding carboxylic acids is 5. The van der Waals surface area contributed by atoms with Gasteiger partial charge in [0.25, 0.3) is 5.91 Å². The summed E-state index contributed by atoms with van der Waals surface area (Å²) in [7, 11) is 0. The number of hydrogen-bond acceptors (Lipinski definition) is 10. The molecule has 9 N–H and O–H groups in total. The summed E-state index contributed by atoms with van der Waals surface area (Å²) in [5.74, 6) is -12.7. The number of alkyl halides is 6. The Bertz CT molecular complexity index is 1920. The number of phenolic OH excluding ortho intramolecular Hbond substituents is 1. The largest absolute Gasteiger partial charge is 0.508 e. The van der Waals surface area contributed by atoms with Gasteiger partial charge >= 0.3 is 18.4 Å². The molecule has 0 saturated heterocycles. The highest BCUT2D eigenvalue weighted by atomic mass is 19.4. The number of primary amides is 1. The van der Waals surface area contributed by atoms with Gasteiger partial charge in [0.1, 0.15) is 22.8 Å². The minimum Gasteiger partial charge on any atom is -0.508 e. The Kier molecular flexibility index (Phi) is 8.51. The maximum atomic E-state index is 13.7. The van der Waals surface area contributed by atoms with E-state index in [1.807, 2.05) is 5.32 Å². The lowest BCUT2D eigenvalue weighted by Gasteiger charge is -2.50. The lowest BCUT2D eigenvalue weighted by Crippen LogP contribution is -2.63. The zero-order valence-electron chi connectivity index (χ0n) is 25.2. The first kappa shape index (κ1) is 35.9. The normalized spacial score (nSPS) is 25.1. The van der Waals surface area contributed by atoms with Crippen LogP contribution in [0.15, 0.2) is 47.2 Å². The fraction of sp³-hybridized carbons (Fsp3) is 0.323. The van der Waals surface area contributed by atoms with Crippen LogP contribution in [0.5, 0.6) is 5.75 Å². The molecule has 4 amide bonds. The fourth-order valence-corrected chi connectivity index (χ4v) is 6.73. The number of amides is 4. The first-order chi connectivity index (χ1) is 23.0. The third kappa shape index (κ3) is 5.70. The Balaban J connectivity index is 1.44. The Hall–Kier alpha value is -5.43. The number of imide groups is 1. The van der Waals surface area contributed by atoms with Crippen LogP contribution in [0.2, 0.25) is 0 Å². The Morgan fingerprint density at radius 1 is 0.980 bits per heavy atom. The highest BCUT2D eigenvalue weighted by molar-refractivity contribution is 6.23. The van der Waals surface area contributed by atoms with Gasteiger partial charge in [0.05, 0.1) is 34.9 Å². The van der Waals surface area contributed by atoms with Crippen molar-refractivity contribution in [3.05, 3.63) is 75.1 Å². The van der Waals surface area contributed by atoms with Crippen molar-refractivity contribution in [2.75, 3.05) is 5.32 Å². The van der Waals surface area contributed by atoms with E-state index in [0.29, 0.717) is 12.1 Å². The Morgan fingerprint density at radius 3 is 2.10 bits per heavy atom. The van der Waals surface area contributed by atoms with Crippen molar-refractivity contribution >= 4 is 40.9 Å². The summed E-state index contributed by atoms with van der Waals surface area (Å²) in [4.78, 5) is 63.1. The van der Waals surface area contributed by atoms with Gasteiger partial charge in [-0.1, -0.05) is 13.0 Å². The van der Waals surface area contributed by atoms with E-state index in [4.69, 9.17) is 5.73 Å². The molecular weight excluding hydrogens is 688 g/mol. The van der Waals surface area contributed by atoms with Crippen LogP contribution in [0, 0.1) is 11.8 Å². The highest BCUT2D eigenvalue weighted by Crippen LogP contribution is 2.56. The number of carbonyl (C=O) groups is 5. The summed E-state index contributed by atoms with van der Waals surface area (Å²) in [5, 5.41) is 59.4. The average Bonchev–Trinajstić information content (AvgIpc) is 2.99. The van der Waals surface area contributed by atoms with Gasteiger partial charge in [0.2, 0.25) is 11.7 Å². The number of benzene rings is 2. The molecule has 0 spiro atoms. The number of halogens is 6. The molecule has 13 nitrogen and oxygen atoms in total. The molecule has 0 unspecified atom stereocenters. The summed E-state index contributed by atoms with van der Waals surface area (Å²) in [5.41, 5.74) is -4.83. The molecule has 5 atom stereocenters. The predicted molar refractivity (Wildman–Crippen MR) is 155 cm³/mol. The van der Waals surface area contributed by atoms with E-state index in [2.05, 4.69) is 0 Å². The predicted octanol–water partition coefficient (Wildman–Crippen LogP) is 2.88. The first-order valence-corrected chi connectivity index (χ1v) is 14.4. The van der Waals surface area contributed by atoms with Crippen molar-refractivity contribution in [3.63, 3.8) is 0 Å². The summed E-state index contributed by atoms with van der Waals surface area (Å²) in [6.07, 6.45) is -14.1. The fourth-order valence-electron chi connectivity index (χ4n) is 6.73. The van der Waals surface area contributed by atoms with Crippen LogP contribution in [0.1, 0.15) is 47.1 Å². The number of Topliss-reactive ketones (excluding diaryl/α,β-unsaturated/α-hetero) is 2. The van der Waals surface area contributed by atoms with Gasteiger partial charge in [-0.25, -0.2) is 4.79 Å². The van der Waals surface area contributed by atoms with E-state index in [9.17, 15) is 75.8 Å². The zero-order chi connectivity index (χ0) is 37.4. The second kappa shape index (κ2) is 11.9. The number of aliphatic hydroxyl groups is 4. The number of urea groups is 1. The molecule has 266 valence electrons. The van der Waals surface area contributed by atoms with Gasteiger partial charge in [0, 0.05) is 23.8 Å². The molecule has 50 heavy (non-hydrogen) atoms. The van der Waals surface area contributed by atoms with Crippen LogP contribution in [-0.4, -0.2) is 66.6 Å². The first-order valence-electron chi connectivity index (χ1n) is 14.4. The van der Waals surface area contributed by atoms with Crippen LogP contribution in [0.25, 0.3) is 5.76 Å². The van der Waals surface area contributed by atoms with Crippen LogP contribution < -0.4 is 16.4 Å². The number of nitrogens with two attached hydrogens (primary N) is 1. The number of nitrogens with one attached hydrogen (secondary N) is 2. The Labute approximate surface area is 275 Å². The van der Waals surface area contributed by atoms with E-state index in [-0.39, 0.29) is 11.6 Å². The second-order valence-electron chi connectivity index (χ2n) is 12.0. The van der Waals surface area contributed by atoms with Crippen LogP contribution in [-0.2, 0) is 38.0 Å². The smallest absolute Gasteiger partial charge is 0.416 e. The van der Waals surface area contributed by atoms with Crippen LogP contribution in [0.4, 0.5) is 36.8 Å². The van der Waals surface area contributed by atoms with Crippen LogP contribution >= 0.6 is 0 Å². The summed E-state index contributed by atoms with van der Waals surface area (Å²) in [6, 6.07) is 1.33. The standard InChI is InChI=1S/C31H25F6N3O10/c1-9-13-2-3-15(39-28(49)40-17(42)6-10-4-11(30(32,33)34)7-12(5-10)31(35,36)37)23(44)19(13)24(45)21-18(9)22(43)14-8-16(41)20(27(38)48)25(46)29(14,50)26(21)47/h2-5,7,9,14,18,22,43-46,50H,6,8H2,1H3,(H2,38,48)(H2,39,40,42,49)/t9-,14+,18+,22+,29+/m0/s1. The molecule has 2 aromatic rings. The highest BCUT2D eigenvalue weighted by Gasteiger charge is 2.65. The lowest BCUT2D eigenvalue weighted by molar-refractivity contribution is -0.160. The molecule has 2 aromatic carbocycles. The maximum Gasteiger partial charge on any atom is 0.416 e. The minimum atomic E-state index is -5.19. The van der Waals surface area contributed by atoms with Gasteiger partial charge in [-0.15, -0.1) is 0 Å². The molecular formula is C31H25F6N3O10. The zero-order valence-corrected chi connectivity index (χ0v) is 25.2. The average molecular weight is 714 g/mol. The quantitative estimate of drug-likeness (QED) is 0.131. The van der Waals surface area contributed by atoms with Crippen molar-refractivity contribution in [1.82, 2.24) is 5.32 Å². The molecule has 3 aliphatic carbocycles. The summed E-state index contributed by atoms with van der Waals surface area (Å²) >= 11 is 0. The minimum absolute atomic E-state index is 0.0813. The Morgan fingerprint density at radius 2 is 1.56 bits per heavy atom. The van der Waals surface area contributed by atoms with E-state index >= 15 is 0 Å². The second-order valence-corrected chi connectivity index (χ2v) is 12.0. The maximum absolute atomic E-state index is 13.7. The molecule has 1 saturated carbocycles. The number of fused-ring (bicyclic) bond motifs is 3. The molecule has 3 aliphatic rings. The third-order valence-corrected chi connectivity index (χ3v) is 9.01. The number of ketones is 2. The summed E-state index contributed by atoms with van der Waals surface area (Å²) < 4.78 is 79.0. The molecule has 0 aromatic heterocycles. The van der Waals surface area contributed by atoms with Gasteiger partial charge in [0.15, 0.2) is 11.4 Å². The van der Waals surface area contributed by atoms with E-state index in [1.54, 1.807) is 5.32 Å². The number of phenols is 1. The molecule has 19 heteroatoms. The van der Waals surface area contributed by atoms with E-state index < -0.39 is 140 Å². The van der Waals surface area contributed by atoms with Crippen molar-refractivity contribution in [2.45, 2.75) is 49.7 Å². The number of aromatic hydroxyl groups is 1. The van der Waals surface area contributed by atoms with E-state index in [0.717, 1.165) is 6.07 Å². The molecule has 1 fully saturated rings. The number of anilines is 1. The molecule has 0 radical (unpaired) electrons. The van der Waals surface area contributed by atoms with Gasteiger partial charge < -0.3 is 36.6 Å². The number of rotatable bonds is 4. The van der Waals surface area contributed by atoms with Crippen molar-refractivity contribution in [3.8, 4) is 5.75 Å². The number of aliphatic hydroxyl groups excluding tert-OH is 3. The van der Waals surface area contributed by atoms with Gasteiger partial charge in [-0.2, -0.15) is 26.3 Å². The van der Waals surface area contributed by atoms with Gasteiger partial charge in [-0.05, 0) is 41.3 Å². The lowest BCUT2D eigenvalue weighted by atomic mass is 9.55. The molecule has 5 rings (SSSR count). The molecule has 0 heterocycles. The van der Waals surface area contributed by atoms with E-state index in [1.165, 1.54) is 13.0 Å². The number of hydrogen-bond donors (Lipinski definition) is 8.